The molecule has 5 heterocycles. The second-order valence-corrected chi connectivity index (χ2v) is 8.49. The highest BCUT2D eigenvalue weighted by Crippen LogP contribution is 2.43. The summed E-state index contributed by atoms with van der Waals surface area (Å²) in [5.74, 6) is -3.40. The first-order valence-corrected chi connectivity index (χ1v) is 11.4. The lowest BCUT2D eigenvalue weighted by atomic mass is 9.79. The quantitative estimate of drug-likeness (QED) is 0.429. The van der Waals surface area contributed by atoms with Gasteiger partial charge in [-0.05, 0) is 37.0 Å². The van der Waals surface area contributed by atoms with Gasteiger partial charge in [-0.1, -0.05) is 6.07 Å². The highest BCUT2D eigenvalue weighted by atomic mass is 19.4. The van der Waals surface area contributed by atoms with Crippen molar-refractivity contribution in [3.05, 3.63) is 42.9 Å². The number of aliphatic carboxylic acids is 2. The first kappa shape index (κ1) is 30.3. The molecule has 2 saturated heterocycles. The third-order valence-corrected chi connectivity index (χ3v) is 5.83. The van der Waals surface area contributed by atoms with Crippen molar-refractivity contribution in [2.45, 2.75) is 30.8 Å². The zero-order valence-corrected chi connectivity index (χ0v) is 20.3. The van der Waals surface area contributed by atoms with Gasteiger partial charge in [-0.25, -0.2) is 14.6 Å². The van der Waals surface area contributed by atoms with E-state index in [1.807, 2.05) is 30.3 Å². The molecule has 5 rings (SSSR count). The number of halogens is 6. The van der Waals surface area contributed by atoms with Gasteiger partial charge >= 0.3 is 24.3 Å². The maximum atomic E-state index is 10.6. The largest absolute Gasteiger partial charge is 0.490 e. The number of alkyl halides is 6. The van der Waals surface area contributed by atoms with Crippen molar-refractivity contribution in [1.29, 1.82) is 0 Å². The van der Waals surface area contributed by atoms with Crippen LogP contribution in [0.15, 0.2) is 42.9 Å². The molecule has 2 aliphatic rings. The monoisotopic (exact) mass is 580 g/mol. The summed E-state index contributed by atoms with van der Waals surface area (Å²) >= 11 is 0. The minimum atomic E-state index is -5.08. The van der Waals surface area contributed by atoms with E-state index >= 15 is 0 Å². The van der Waals surface area contributed by atoms with E-state index in [1.165, 1.54) is 0 Å². The van der Waals surface area contributed by atoms with Gasteiger partial charge in [-0.15, -0.1) is 15.3 Å². The van der Waals surface area contributed by atoms with Gasteiger partial charge in [0.2, 0.25) is 5.88 Å². The average molecular weight is 580 g/mol. The molecule has 12 nitrogen and oxygen atoms in total. The van der Waals surface area contributed by atoms with Crippen molar-refractivity contribution < 1.29 is 55.6 Å². The summed E-state index contributed by atoms with van der Waals surface area (Å²) in [6, 6.07) is 9.64. The molecule has 2 fully saturated rings. The second-order valence-electron chi connectivity index (χ2n) is 8.49. The van der Waals surface area contributed by atoms with Crippen LogP contribution in [-0.4, -0.2) is 91.2 Å². The fourth-order valence-electron chi connectivity index (χ4n) is 3.93. The molecule has 0 bridgehead atoms. The van der Waals surface area contributed by atoms with Crippen LogP contribution in [-0.2, 0) is 14.3 Å². The number of carbonyl (C=O) groups is 2. The minimum Gasteiger partial charge on any atom is -0.478 e. The number of hydrogen-bond donors (Lipinski definition) is 2. The van der Waals surface area contributed by atoms with Gasteiger partial charge < -0.3 is 24.6 Å². The van der Waals surface area contributed by atoms with Gasteiger partial charge in [-0.3, -0.25) is 0 Å². The molecular weight excluding hydrogens is 558 g/mol. The first-order chi connectivity index (χ1) is 18.7. The molecule has 3 aromatic rings. The van der Waals surface area contributed by atoms with Crippen molar-refractivity contribution >= 4 is 23.4 Å². The van der Waals surface area contributed by atoms with Crippen molar-refractivity contribution in [2.75, 3.05) is 31.2 Å². The Balaban J connectivity index is 0.000000263. The van der Waals surface area contributed by atoms with E-state index in [9.17, 15) is 26.3 Å². The Morgan fingerprint density at radius 3 is 2.27 bits per heavy atom. The molecule has 1 spiro atoms. The van der Waals surface area contributed by atoms with Crippen LogP contribution >= 0.6 is 0 Å². The van der Waals surface area contributed by atoms with E-state index in [0.29, 0.717) is 18.4 Å². The van der Waals surface area contributed by atoms with Crippen LogP contribution in [0.25, 0.3) is 5.65 Å². The maximum absolute atomic E-state index is 10.6. The van der Waals surface area contributed by atoms with Crippen LogP contribution in [0.4, 0.5) is 32.2 Å². The Kier molecular flexibility index (Phi) is 9.33. The number of hydrogen-bond acceptors (Lipinski definition) is 9. The summed E-state index contributed by atoms with van der Waals surface area (Å²) in [6.07, 6.45) is -4.74. The van der Waals surface area contributed by atoms with E-state index < -0.39 is 24.3 Å². The lowest BCUT2D eigenvalue weighted by Gasteiger charge is -2.50. The molecule has 0 aliphatic carbocycles. The number of pyridine rings is 1. The predicted molar refractivity (Wildman–Crippen MR) is 122 cm³/mol. The molecule has 0 aromatic carbocycles. The fourth-order valence-corrected chi connectivity index (χ4v) is 3.93. The average Bonchev–Trinajstić information content (AvgIpc) is 3.50. The Hall–Kier alpha value is -4.22. The van der Waals surface area contributed by atoms with Gasteiger partial charge in [0.1, 0.15) is 17.7 Å². The number of carboxylic acids is 2. The molecular formula is C22H22F6N6O6. The Morgan fingerprint density at radius 1 is 1.05 bits per heavy atom. The molecule has 0 saturated carbocycles. The lowest BCUT2D eigenvalue weighted by Crippen LogP contribution is -2.65. The highest BCUT2D eigenvalue weighted by Gasteiger charge is 2.53. The van der Waals surface area contributed by atoms with E-state index in [-0.39, 0.29) is 5.60 Å². The molecule has 3 aromatic heterocycles. The van der Waals surface area contributed by atoms with Crippen LogP contribution in [0.1, 0.15) is 12.8 Å². The SMILES string of the molecule is O=C(O)C(F)(F)F.O=C(O)C(F)(F)F.c1ccc(OCCC2CCOC23CN(c2ccc4nncn4n2)C3)nc1. The van der Waals surface area contributed by atoms with E-state index in [4.69, 9.17) is 29.3 Å². The first-order valence-electron chi connectivity index (χ1n) is 11.4. The van der Waals surface area contributed by atoms with Crippen molar-refractivity contribution in [1.82, 2.24) is 24.8 Å². The summed E-state index contributed by atoms with van der Waals surface area (Å²) in [4.78, 5) is 24.2. The van der Waals surface area contributed by atoms with Crippen molar-refractivity contribution in [3.8, 4) is 5.88 Å². The third kappa shape index (κ3) is 7.90. The smallest absolute Gasteiger partial charge is 0.478 e. The molecule has 1 atom stereocenters. The summed E-state index contributed by atoms with van der Waals surface area (Å²) in [7, 11) is 0. The Morgan fingerprint density at radius 2 is 1.70 bits per heavy atom. The standard InChI is InChI=1S/C18H20N6O2.2C2HF3O2/c1-2-8-19-17(3-1)25-9-6-14-7-10-26-18(14)11-23(12-18)16-5-4-15-21-20-13-24(15)22-16;2*3-2(4,5)1(6)7/h1-5,8,13-14H,6-7,9-12H2;2*(H,6,7). The molecule has 2 aliphatic heterocycles. The van der Waals surface area contributed by atoms with Crippen LogP contribution in [0, 0.1) is 5.92 Å². The van der Waals surface area contributed by atoms with Gasteiger partial charge in [0, 0.05) is 18.9 Å². The van der Waals surface area contributed by atoms with Gasteiger partial charge in [-0.2, -0.15) is 30.9 Å². The molecule has 40 heavy (non-hydrogen) atoms. The Labute approximate surface area is 221 Å². The van der Waals surface area contributed by atoms with Crippen LogP contribution in [0.5, 0.6) is 5.88 Å². The molecule has 18 heteroatoms. The summed E-state index contributed by atoms with van der Waals surface area (Å²) in [6.45, 7) is 3.21. The van der Waals surface area contributed by atoms with Gasteiger partial charge in [0.15, 0.2) is 5.65 Å². The van der Waals surface area contributed by atoms with Gasteiger partial charge in [0.05, 0.1) is 19.7 Å². The summed E-state index contributed by atoms with van der Waals surface area (Å²) in [5.41, 5.74) is 0.683. The molecule has 0 radical (unpaired) electrons. The summed E-state index contributed by atoms with van der Waals surface area (Å²) in [5, 5.41) is 26.7. The zero-order chi connectivity index (χ0) is 29.6. The zero-order valence-electron chi connectivity index (χ0n) is 20.3. The fraction of sp³-hybridized carbons (Fsp3) is 0.455. The number of ether oxygens (including phenoxy) is 2. The Bertz CT molecular complexity index is 1260. The van der Waals surface area contributed by atoms with Crippen LogP contribution in [0.2, 0.25) is 0 Å². The van der Waals surface area contributed by atoms with E-state index in [1.54, 1.807) is 17.0 Å². The molecule has 0 amide bonds. The van der Waals surface area contributed by atoms with Crippen LogP contribution < -0.4 is 9.64 Å². The van der Waals surface area contributed by atoms with Crippen molar-refractivity contribution in [3.63, 3.8) is 0 Å². The lowest BCUT2D eigenvalue weighted by molar-refractivity contribution is -0.193. The summed E-state index contributed by atoms with van der Waals surface area (Å²) < 4.78 is 77.1. The van der Waals surface area contributed by atoms with Crippen molar-refractivity contribution in [2.24, 2.45) is 5.92 Å². The molecule has 1 unspecified atom stereocenters. The molecule has 218 valence electrons. The predicted octanol–water partition coefficient (Wildman–Crippen LogP) is 2.85. The van der Waals surface area contributed by atoms with Gasteiger partial charge in [0.25, 0.3) is 0 Å². The number of rotatable bonds is 5. The number of nitrogens with zero attached hydrogens (tertiary/aromatic N) is 6. The second kappa shape index (κ2) is 12.3. The maximum Gasteiger partial charge on any atom is 0.490 e. The topological polar surface area (TPSA) is 152 Å². The normalized spacial score (nSPS) is 17.8. The van der Waals surface area contributed by atoms with E-state index in [0.717, 1.165) is 44.0 Å². The number of anilines is 1. The minimum absolute atomic E-state index is 0.0721. The number of fused-ring (bicyclic) bond motifs is 1. The highest BCUT2D eigenvalue weighted by molar-refractivity contribution is 5.73. The third-order valence-electron chi connectivity index (χ3n) is 5.83. The van der Waals surface area contributed by atoms with Crippen LogP contribution in [0.3, 0.4) is 0 Å². The van der Waals surface area contributed by atoms with E-state index in [2.05, 4.69) is 25.2 Å². The molecule has 2 N–H and O–H groups in total. The number of carboxylic acid groups (broad SMARTS) is 2. The number of aromatic nitrogens is 5.